The molecule has 0 saturated carbocycles. The third kappa shape index (κ3) is 2.91. The highest BCUT2D eigenvalue weighted by molar-refractivity contribution is 5.82. The van der Waals surface area contributed by atoms with Crippen molar-refractivity contribution in [2.45, 2.75) is 32.9 Å². The molecule has 3 nitrogen and oxygen atoms in total. The van der Waals surface area contributed by atoms with Crippen LogP contribution in [0.2, 0.25) is 0 Å². The SMILES string of the molecule is COc1ccc(CN2c3ccc(O)cc3C(C)=CC2(C)C)cc1. The van der Waals surface area contributed by atoms with E-state index in [0.29, 0.717) is 5.75 Å². The number of ether oxygens (including phenoxy) is 1. The van der Waals surface area contributed by atoms with E-state index in [1.165, 1.54) is 11.1 Å². The Hall–Kier alpha value is -2.42. The van der Waals surface area contributed by atoms with Crippen molar-refractivity contribution in [2.24, 2.45) is 0 Å². The van der Waals surface area contributed by atoms with E-state index >= 15 is 0 Å². The highest BCUT2D eigenvalue weighted by Gasteiger charge is 2.31. The monoisotopic (exact) mass is 309 g/mol. The van der Waals surface area contributed by atoms with Gasteiger partial charge in [-0.2, -0.15) is 0 Å². The molecule has 120 valence electrons. The van der Waals surface area contributed by atoms with Crippen molar-refractivity contribution < 1.29 is 9.84 Å². The molecular formula is C20H23NO2. The number of aromatic hydroxyl groups is 1. The molecule has 0 aliphatic carbocycles. The summed E-state index contributed by atoms with van der Waals surface area (Å²) >= 11 is 0. The second-order valence-corrected chi connectivity index (χ2v) is 6.62. The van der Waals surface area contributed by atoms with E-state index in [-0.39, 0.29) is 5.54 Å². The third-order valence-electron chi connectivity index (χ3n) is 4.46. The van der Waals surface area contributed by atoms with Gasteiger partial charge < -0.3 is 14.7 Å². The number of hydrogen-bond donors (Lipinski definition) is 1. The summed E-state index contributed by atoms with van der Waals surface area (Å²) in [6.45, 7) is 7.34. The smallest absolute Gasteiger partial charge is 0.118 e. The largest absolute Gasteiger partial charge is 0.508 e. The number of phenolic OH excluding ortho intramolecular Hbond substituents is 1. The summed E-state index contributed by atoms with van der Waals surface area (Å²) in [7, 11) is 1.68. The first kappa shape index (κ1) is 15.5. The number of phenols is 1. The summed E-state index contributed by atoms with van der Waals surface area (Å²) in [5.41, 5.74) is 4.59. The Morgan fingerprint density at radius 3 is 2.43 bits per heavy atom. The molecule has 0 atom stereocenters. The fourth-order valence-electron chi connectivity index (χ4n) is 3.27. The molecule has 0 bridgehead atoms. The van der Waals surface area contributed by atoms with Crippen molar-refractivity contribution in [3.63, 3.8) is 0 Å². The first-order valence-electron chi connectivity index (χ1n) is 7.84. The Morgan fingerprint density at radius 2 is 1.78 bits per heavy atom. The molecule has 2 aromatic rings. The van der Waals surface area contributed by atoms with Gasteiger partial charge in [0.1, 0.15) is 11.5 Å². The molecule has 3 heteroatoms. The minimum Gasteiger partial charge on any atom is -0.508 e. The van der Waals surface area contributed by atoms with Crippen LogP contribution in [0.15, 0.2) is 48.5 Å². The molecule has 0 radical (unpaired) electrons. The fourth-order valence-corrected chi connectivity index (χ4v) is 3.27. The first-order valence-corrected chi connectivity index (χ1v) is 7.84. The van der Waals surface area contributed by atoms with Crippen LogP contribution >= 0.6 is 0 Å². The summed E-state index contributed by atoms with van der Waals surface area (Å²) in [6, 6.07) is 13.8. The van der Waals surface area contributed by atoms with Crippen molar-refractivity contribution in [1.82, 2.24) is 0 Å². The van der Waals surface area contributed by atoms with Crippen LogP contribution in [0.3, 0.4) is 0 Å². The second kappa shape index (κ2) is 5.65. The normalized spacial score (nSPS) is 15.8. The molecule has 0 spiro atoms. The van der Waals surface area contributed by atoms with Crippen LogP contribution in [0.4, 0.5) is 5.69 Å². The minimum atomic E-state index is -0.0893. The van der Waals surface area contributed by atoms with Gasteiger partial charge in [-0.1, -0.05) is 18.2 Å². The van der Waals surface area contributed by atoms with Gasteiger partial charge in [-0.05, 0) is 62.2 Å². The number of rotatable bonds is 3. The summed E-state index contributed by atoms with van der Waals surface area (Å²) in [6.07, 6.45) is 2.26. The molecule has 23 heavy (non-hydrogen) atoms. The number of hydrogen-bond acceptors (Lipinski definition) is 3. The predicted molar refractivity (Wildman–Crippen MR) is 95.0 cm³/mol. The average Bonchev–Trinajstić information content (AvgIpc) is 2.52. The van der Waals surface area contributed by atoms with Gasteiger partial charge in [0, 0.05) is 17.8 Å². The van der Waals surface area contributed by atoms with E-state index in [9.17, 15) is 5.11 Å². The quantitative estimate of drug-likeness (QED) is 0.899. The Morgan fingerprint density at radius 1 is 1.09 bits per heavy atom. The number of fused-ring (bicyclic) bond motifs is 1. The van der Waals surface area contributed by atoms with Gasteiger partial charge in [0.2, 0.25) is 0 Å². The van der Waals surface area contributed by atoms with Crippen molar-refractivity contribution in [3.8, 4) is 11.5 Å². The highest BCUT2D eigenvalue weighted by atomic mass is 16.5. The second-order valence-electron chi connectivity index (χ2n) is 6.62. The zero-order valence-corrected chi connectivity index (χ0v) is 14.1. The maximum atomic E-state index is 9.81. The third-order valence-corrected chi connectivity index (χ3v) is 4.46. The zero-order chi connectivity index (χ0) is 16.6. The maximum absolute atomic E-state index is 9.81. The number of benzene rings is 2. The van der Waals surface area contributed by atoms with Crippen LogP contribution in [0.1, 0.15) is 31.9 Å². The highest BCUT2D eigenvalue weighted by Crippen LogP contribution is 2.41. The molecular weight excluding hydrogens is 286 g/mol. The predicted octanol–water partition coefficient (Wildman–Crippen LogP) is 4.60. The zero-order valence-electron chi connectivity index (χ0n) is 14.1. The van der Waals surface area contributed by atoms with Crippen molar-refractivity contribution in [3.05, 3.63) is 59.7 Å². The molecule has 0 unspecified atom stereocenters. The number of anilines is 1. The average molecular weight is 309 g/mol. The molecule has 3 rings (SSSR count). The van der Waals surface area contributed by atoms with Crippen LogP contribution in [0, 0.1) is 0 Å². The molecule has 1 aliphatic rings. The molecule has 2 aromatic carbocycles. The van der Waals surface area contributed by atoms with Crippen LogP contribution in [-0.2, 0) is 6.54 Å². The van der Waals surface area contributed by atoms with Crippen molar-refractivity contribution in [2.75, 3.05) is 12.0 Å². The molecule has 1 aliphatic heterocycles. The van der Waals surface area contributed by atoms with Crippen molar-refractivity contribution in [1.29, 1.82) is 0 Å². The summed E-state index contributed by atoms with van der Waals surface area (Å²) in [5.74, 6) is 1.17. The van der Waals surface area contributed by atoms with Crippen LogP contribution in [0.5, 0.6) is 11.5 Å². The summed E-state index contributed by atoms with van der Waals surface area (Å²) in [5, 5.41) is 9.81. The standard InChI is InChI=1S/C20H23NO2/c1-14-12-20(2,3)21(19-10-7-16(22)11-18(14)19)13-15-5-8-17(23-4)9-6-15/h5-12,22H,13H2,1-4H3. The van der Waals surface area contributed by atoms with Crippen molar-refractivity contribution >= 4 is 11.3 Å². The lowest BCUT2D eigenvalue weighted by Gasteiger charge is -2.43. The van der Waals surface area contributed by atoms with Crippen LogP contribution in [0.25, 0.3) is 5.57 Å². The van der Waals surface area contributed by atoms with E-state index in [1.807, 2.05) is 24.3 Å². The molecule has 0 saturated heterocycles. The van der Waals surface area contributed by atoms with E-state index < -0.39 is 0 Å². The lowest BCUT2D eigenvalue weighted by molar-refractivity contribution is 0.414. The van der Waals surface area contributed by atoms with Gasteiger partial charge in [0.25, 0.3) is 0 Å². The van der Waals surface area contributed by atoms with Gasteiger partial charge in [-0.15, -0.1) is 0 Å². The summed E-state index contributed by atoms with van der Waals surface area (Å²) < 4.78 is 5.23. The maximum Gasteiger partial charge on any atom is 0.118 e. The van der Waals surface area contributed by atoms with Gasteiger partial charge in [0.05, 0.1) is 12.6 Å². The van der Waals surface area contributed by atoms with Crippen LogP contribution in [-0.4, -0.2) is 17.8 Å². The fraction of sp³-hybridized carbons (Fsp3) is 0.300. The summed E-state index contributed by atoms with van der Waals surface area (Å²) in [4.78, 5) is 2.37. The van der Waals surface area contributed by atoms with Gasteiger partial charge in [0.15, 0.2) is 0 Å². The Kier molecular flexibility index (Phi) is 3.80. The Labute approximate surface area is 137 Å². The Bertz CT molecular complexity index is 745. The lowest BCUT2D eigenvalue weighted by Crippen LogP contribution is -2.44. The van der Waals surface area contributed by atoms with Gasteiger partial charge in [-0.3, -0.25) is 0 Å². The molecule has 0 aromatic heterocycles. The molecule has 0 amide bonds. The topological polar surface area (TPSA) is 32.7 Å². The van der Waals surface area contributed by atoms with Gasteiger partial charge >= 0.3 is 0 Å². The molecule has 1 N–H and O–H groups in total. The van der Waals surface area contributed by atoms with Crippen LogP contribution < -0.4 is 9.64 Å². The van der Waals surface area contributed by atoms with Gasteiger partial charge in [-0.25, -0.2) is 0 Å². The van der Waals surface area contributed by atoms with E-state index in [2.05, 4.69) is 43.9 Å². The Balaban J connectivity index is 1.99. The minimum absolute atomic E-state index is 0.0893. The van der Waals surface area contributed by atoms with E-state index in [1.54, 1.807) is 13.2 Å². The molecule has 0 fully saturated rings. The van der Waals surface area contributed by atoms with E-state index in [0.717, 1.165) is 23.5 Å². The lowest BCUT2D eigenvalue weighted by atomic mass is 9.88. The van der Waals surface area contributed by atoms with E-state index in [4.69, 9.17) is 4.74 Å². The number of nitrogens with zero attached hydrogens (tertiary/aromatic N) is 1. The molecule has 1 heterocycles. The number of methoxy groups -OCH3 is 1. The first-order chi connectivity index (χ1) is 10.9. The number of allylic oxidation sites excluding steroid dienone is 1.